The van der Waals surface area contributed by atoms with Gasteiger partial charge >= 0.3 is 0 Å². The molecule has 0 heterocycles. The van der Waals surface area contributed by atoms with Crippen LogP contribution in [0, 0.1) is 59.2 Å². The second-order valence-corrected chi connectivity index (χ2v) is 27.3. The molecule has 0 aliphatic rings. The van der Waals surface area contributed by atoms with E-state index in [0.717, 1.165) is 80.1 Å². The van der Waals surface area contributed by atoms with Gasteiger partial charge in [0.1, 0.15) is 0 Å². The molecule has 0 saturated carbocycles. The van der Waals surface area contributed by atoms with Crippen molar-refractivity contribution in [2.75, 3.05) is 0 Å². The molecular formula is C95H105F5S5. The number of hydrogen-bond acceptors (Lipinski definition) is 5. The van der Waals surface area contributed by atoms with Gasteiger partial charge in [0.25, 0.3) is 0 Å². The minimum absolute atomic E-state index is 0. The zero-order valence-electron chi connectivity index (χ0n) is 61.5. The van der Waals surface area contributed by atoms with E-state index in [1.807, 2.05) is 121 Å². The minimum atomic E-state index is 0. The summed E-state index contributed by atoms with van der Waals surface area (Å²) in [4.78, 5) is 4.82. The average molecular weight is 1500 g/mol. The number of benzene rings is 10. The summed E-state index contributed by atoms with van der Waals surface area (Å²) in [5.74, 6) is 31.9. The third-order valence-electron chi connectivity index (χ3n) is 16.2. The van der Waals surface area contributed by atoms with Crippen molar-refractivity contribution in [2.45, 2.75) is 188 Å². The minimum Gasteiger partial charge on any atom is -0.269 e. The van der Waals surface area contributed by atoms with Gasteiger partial charge in [0.2, 0.25) is 0 Å². The van der Waals surface area contributed by atoms with Crippen molar-refractivity contribution in [3.8, 4) is 59.2 Å². The molecule has 105 heavy (non-hydrogen) atoms. The van der Waals surface area contributed by atoms with Crippen LogP contribution < -0.4 is 0 Å². The predicted molar refractivity (Wildman–Crippen MR) is 459 cm³/mol. The van der Waals surface area contributed by atoms with Crippen LogP contribution in [0.15, 0.2) is 267 Å². The lowest BCUT2D eigenvalue weighted by atomic mass is 10.1. The number of halogens is 5. The molecule has 10 aromatic carbocycles. The lowest BCUT2D eigenvalue weighted by Crippen LogP contribution is -1.85. The molecule has 0 aromatic heterocycles. The van der Waals surface area contributed by atoms with Gasteiger partial charge in [-0.15, -0.1) is 63.1 Å². The molecule has 0 bridgehead atoms. The SMILES string of the molecule is CCCCCc1ccc(C#Cc2ccc(S)cc2)cc1.CCCCCc1ccc(C#Cc2ccc(S)cc2)cc1.CCCCCc1ccc(C#Cc2ccc(S)cc2)cc1.CCCCCc1ccc(C#Cc2ccc(S)cc2)cc1.CCCCCc1ccc(C#Cc2ccc(S)cc2)cc1.F.F.F.F.F. The molecule has 10 aromatic rings. The Labute approximate surface area is 654 Å². The fourth-order valence-electron chi connectivity index (χ4n) is 10.1. The van der Waals surface area contributed by atoms with E-state index in [-0.39, 0.29) is 23.5 Å². The van der Waals surface area contributed by atoms with Crippen LogP contribution >= 0.6 is 63.1 Å². The van der Waals surface area contributed by atoms with Crippen LogP contribution in [0.5, 0.6) is 0 Å². The van der Waals surface area contributed by atoms with Gasteiger partial charge in [-0.1, -0.05) is 219 Å². The summed E-state index contributed by atoms with van der Waals surface area (Å²) in [6, 6.07) is 82.6. The average Bonchev–Trinajstić information content (AvgIpc) is 0.996. The van der Waals surface area contributed by atoms with Gasteiger partial charge in [-0.05, 0) is 274 Å². The van der Waals surface area contributed by atoms with E-state index < -0.39 is 0 Å². The van der Waals surface area contributed by atoms with Crippen LogP contribution in [0.2, 0.25) is 0 Å². The normalized spacial score (nSPS) is 9.43. The van der Waals surface area contributed by atoms with Crippen LogP contribution in [0.1, 0.15) is 214 Å². The van der Waals surface area contributed by atoms with Crippen molar-refractivity contribution >= 4 is 63.1 Å². The molecule has 0 aliphatic carbocycles. The number of hydrogen-bond donors (Lipinski definition) is 5. The Morgan fingerprint density at radius 2 is 0.267 bits per heavy atom. The molecule has 0 aliphatic heterocycles. The van der Waals surface area contributed by atoms with E-state index in [2.05, 4.69) is 278 Å². The molecule has 0 fully saturated rings. The molecule has 0 nitrogen and oxygen atoms in total. The van der Waals surface area contributed by atoms with E-state index in [1.54, 1.807) is 0 Å². The molecule has 0 N–H and O–H groups in total. The highest BCUT2D eigenvalue weighted by molar-refractivity contribution is 7.81. The summed E-state index contributed by atoms with van der Waals surface area (Å²) in [6.45, 7) is 11.2. The maximum absolute atomic E-state index is 4.27. The number of rotatable bonds is 20. The number of aryl methyl sites for hydroxylation is 5. The first-order valence-corrected chi connectivity index (χ1v) is 38.1. The van der Waals surface area contributed by atoms with Crippen molar-refractivity contribution in [2.24, 2.45) is 0 Å². The van der Waals surface area contributed by atoms with Gasteiger partial charge in [0.15, 0.2) is 0 Å². The first kappa shape index (κ1) is 94.4. The van der Waals surface area contributed by atoms with Gasteiger partial charge in [-0.2, -0.15) is 0 Å². The predicted octanol–water partition coefficient (Wildman–Crippen LogP) is 26.3. The summed E-state index contributed by atoms with van der Waals surface area (Å²) in [6.07, 6.45) is 25.1. The molecule has 0 amide bonds. The smallest absolute Gasteiger partial charge is 0.0249 e. The molecule has 10 rings (SSSR count). The molecule has 0 atom stereocenters. The van der Waals surface area contributed by atoms with E-state index >= 15 is 0 Å². The van der Waals surface area contributed by atoms with Crippen LogP contribution in [0.4, 0.5) is 23.5 Å². The third-order valence-corrected chi connectivity index (χ3v) is 17.7. The van der Waals surface area contributed by atoms with E-state index in [1.165, 1.54) is 156 Å². The van der Waals surface area contributed by atoms with Crippen molar-refractivity contribution in [3.63, 3.8) is 0 Å². The molecular weight excluding hydrogens is 1400 g/mol. The highest BCUT2D eigenvalue weighted by Crippen LogP contribution is 2.17. The Morgan fingerprint density at radius 1 is 0.162 bits per heavy atom. The van der Waals surface area contributed by atoms with E-state index in [0.29, 0.717) is 0 Å². The molecule has 0 radical (unpaired) electrons. The Kier molecular flexibility index (Phi) is 51.9. The number of thiol groups is 5. The molecule has 0 spiro atoms. The standard InChI is InChI=1S/5C19H20S.5FH/c5*1-2-3-4-5-16-6-8-17(9-7-16)10-11-18-12-14-19(20)15-13-18;;;;;/h5*6-9,12-15,20H,2-5H2,1H3;5*1H. The monoisotopic (exact) mass is 1500 g/mol. The van der Waals surface area contributed by atoms with Crippen molar-refractivity contribution in [1.29, 1.82) is 0 Å². The Balaban J connectivity index is 0.000000649. The first-order valence-electron chi connectivity index (χ1n) is 35.9. The van der Waals surface area contributed by atoms with E-state index in [4.69, 9.17) is 0 Å². The highest BCUT2D eigenvalue weighted by atomic mass is 32.1. The van der Waals surface area contributed by atoms with Gasteiger partial charge < -0.3 is 0 Å². The van der Waals surface area contributed by atoms with Crippen LogP contribution in [-0.4, -0.2) is 0 Å². The Bertz CT molecular complexity index is 3600. The Hall–Kier alpha value is -8.60. The third kappa shape index (κ3) is 41.6. The van der Waals surface area contributed by atoms with E-state index in [9.17, 15) is 0 Å². The van der Waals surface area contributed by atoms with Crippen LogP contribution in [-0.2, 0) is 32.1 Å². The molecule has 0 unspecified atom stereocenters. The summed E-state index contributed by atoms with van der Waals surface area (Å²) >= 11 is 21.3. The van der Waals surface area contributed by atoms with Crippen LogP contribution in [0.25, 0.3) is 0 Å². The summed E-state index contributed by atoms with van der Waals surface area (Å²) in [5, 5.41) is 0. The maximum Gasteiger partial charge on any atom is 0.0249 e. The fourth-order valence-corrected chi connectivity index (χ4v) is 10.9. The fraction of sp³-hybridized carbons (Fsp3) is 0.263. The van der Waals surface area contributed by atoms with Crippen molar-refractivity contribution in [3.05, 3.63) is 326 Å². The zero-order chi connectivity index (χ0) is 71.0. The topological polar surface area (TPSA) is 0 Å². The summed E-state index contributed by atoms with van der Waals surface area (Å²) < 4.78 is 0. The lowest BCUT2D eigenvalue weighted by Gasteiger charge is -2.00. The molecule has 10 heteroatoms. The van der Waals surface area contributed by atoms with Crippen molar-refractivity contribution in [1.82, 2.24) is 0 Å². The van der Waals surface area contributed by atoms with Gasteiger partial charge in [-0.25, -0.2) is 0 Å². The number of unbranched alkanes of at least 4 members (excludes halogenated alkanes) is 10. The zero-order valence-corrected chi connectivity index (χ0v) is 66.0. The Morgan fingerprint density at radius 3 is 0.371 bits per heavy atom. The van der Waals surface area contributed by atoms with Gasteiger partial charge in [0.05, 0.1) is 0 Å². The van der Waals surface area contributed by atoms with Gasteiger partial charge in [-0.3, -0.25) is 23.5 Å². The maximum atomic E-state index is 4.27. The largest absolute Gasteiger partial charge is 0.269 e. The van der Waals surface area contributed by atoms with Crippen LogP contribution in [0.3, 0.4) is 0 Å². The second-order valence-electron chi connectivity index (χ2n) is 24.8. The van der Waals surface area contributed by atoms with Gasteiger partial charge in [0, 0.05) is 80.1 Å². The quantitative estimate of drug-likeness (QED) is 0.0214. The molecule has 550 valence electrons. The second kappa shape index (κ2) is 57.7. The lowest BCUT2D eigenvalue weighted by molar-refractivity contribution is 0.717. The highest BCUT2D eigenvalue weighted by Gasteiger charge is 2.00. The first-order chi connectivity index (χ1) is 48.9. The summed E-state index contributed by atoms with van der Waals surface area (Å²) in [7, 11) is 0. The van der Waals surface area contributed by atoms with Crippen molar-refractivity contribution < 1.29 is 23.5 Å². The molecule has 0 saturated heterocycles. The summed E-state index contributed by atoms with van der Waals surface area (Å²) in [5.41, 5.74) is 17.5.